The summed E-state index contributed by atoms with van der Waals surface area (Å²) in [5, 5.41) is 7.43. The monoisotopic (exact) mass is 244 g/mol. The Bertz CT molecular complexity index is 346. The van der Waals surface area contributed by atoms with E-state index in [1.54, 1.807) is 11.8 Å². The summed E-state index contributed by atoms with van der Waals surface area (Å²) in [7, 11) is 0. The summed E-state index contributed by atoms with van der Waals surface area (Å²) in [4.78, 5) is 4.26. The standard InChI is InChI=1S/C9H16N4S2/c1-6-12-8(15-13-6)14-5-4-9(2,3)7(10)11/h4-5H2,1-3H3,(H3,10,11). The molecular formula is C9H16N4S2. The lowest BCUT2D eigenvalue weighted by atomic mass is 9.89. The SMILES string of the molecule is Cc1nsc(SCCC(C)(C)C(=N)N)n1. The smallest absolute Gasteiger partial charge is 0.170 e. The Morgan fingerprint density at radius 3 is 2.73 bits per heavy atom. The van der Waals surface area contributed by atoms with Crippen LogP contribution in [-0.2, 0) is 0 Å². The van der Waals surface area contributed by atoms with Gasteiger partial charge < -0.3 is 5.73 Å². The molecule has 0 atom stereocenters. The van der Waals surface area contributed by atoms with E-state index in [4.69, 9.17) is 11.1 Å². The van der Waals surface area contributed by atoms with E-state index >= 15 is 0 Å². The maximum atomic E-state index is 7.43. The molecule has 0 aliphatic carbocycles. The molecular weight excluding hydrogens is 228 g/mol. The van der Waals surface area contributed by atoms with Gasteiger partial charge >= 0.3 is 0 Å². The second kappa shape index (κ2) is 4.94. The number of aryl methyl sites for hydroxylation is 1. The van der Waals surface area contributed by atoms with Gasteiger partial charge in [-0.3, -0.25) is 5.41 Å². The Morgan fingerprint density at radius 1 is 1.60 bits per heavy atom. The number of hydrogen-bond donors (Lipinski definition) is 2. The summed E-state index contributed by atoms with van der Waals surface area (Å²) in [5.74, 6) is 1.99. The zero-order valence-corrected chi connectivity index (χ0v) is 10.8. The average molecular weight is 244 g/mol. The molecule has 1 rings (SSSR count). The van der Waals surface area contributed by atoms with E-state index in [-0.39, 0.29) is 11.3 Å². The second-order valence-electron chi connectivity index (χ2n) is 4.00. The van der Waals surface area contributed by atoms with E-state index in [1.807, 2.05) is 20.8 Å². The number of hydrogen-bond acceptors (Lipinski definition) is 5. The molecule has 1 aromatic rings. The van der Waals surface area contributed by atoms with E-state index in [1.165, 1.54) is 11.5 Å². The maximum Gasteiger partial charge on any atom is 0.170 e. The van der Waals surface area contributed by atoms with Crippen molar-refractivity contribution >= 4 is 29.1 Å². The molecule has 4 nitrogen and oxygen atoms in total. The van der Waals surface area contributed by atoms with Gasteiger partial charge in [-0.1, -0.05) is 25.6 Å². The van der Waals surface area contributed by atoms with Crippen molar-refractivity contribution in [3.8, 4) is 0 Å². The Morgan fingerprint density at radius 2 is 2.27 bits per heavy atom. The highest BCUT2D eigenvalue weighted by atomic mass is 32.2. The van der Waals surface area contributed by atoms with E-state index in [0.717, 1.165) is 22.3 Å². The van der Waals surface area contributed by atoms with Crippen LogP contribution in [0, 0.1) is 17.7 Å². The maximum absolute atomic E-state index is 7.43. The fourth-order valence-electron chi connectivity index (χ4n) is 0.865. The molecule has 0 aromatic carbocycles. The van der Waals surface area contributed by atoms with E-state index in [2.05, 4.69) is 9.36 Å². The summed E-state index contributed by atoms with van der Waals surface area (Å²) in [6, 6.07) is 0. The molecule has 0 bridgehead atoms. The third-order valence-electron chi connectivity index (χ3n) is 2.19. The van der Waals surface area contributed by atoms with Crippen molar-refractivity contribution in [2.45, 2.75) is 31.5 Å². The van der Waals surface area contributed by atoms with Crippen LogP contribution in [0.1, 0.15) is 26.1 Å². The molecule has 84 valence electrons. The quantitative estimate of drug-likeness (QED) is 0.473. The van der Waals surface area contributed by atoms with Crippen LogP contribution < -0.4 is 5.73 Å². The largest absolute Gasteiger partial charge is 0.387 e. The van der Waals surface area contributed by atoms with E-state index in [9.17, 15) is 0 Å². The number of rotatable bonds is 5. The van der Waals surface area contributed by atoms with E-state index < -0.39 is 0 Å². The van der Waals surface area contributed by atoms with Crippen LogP contribution in [-0.4, -0.2) is 20.9 Å². The van der Waals surface area contributed by atoms with Crippen LogP contribution in [0.2, 0.25) is 0 Å². The van der Waals surface area contributed by atoms with Crippen LogP contribution in [0.3, 0.4) is 0 Å². The fraction of sp³-hybridized carbons (Fsp3) is 0.667. The van der Waals surface area contributed by atoms with Gasteiger partial charge in [-0.15, -0.1) is 0 Å². The minimum Gasteiger partial charge on any atom is -0.387 e. The molecule has 0 saturated carbocycles. The molecule has 6 heteroatoms. The number of nitrogens with one attached hydrogen (secondary N) is 1. The highest BCUT2D eigenvalue weighted by molar-refractivity contribution is 8.00. The molecule has 0 amide bonds. The number of aromatic nitrogens is 2. The van der Waals surface area contributed by atoms with Crippen molar-refractivity contribution in [2.24, 2.45) is 11.1 Å². The van der Waals surface area contributed by atoms with Gasteiger partial charge in [-0.2, -0.15) is 4.37 Å². The van der Waals surface area contributed by atoms with Crippen LogP contribution in [0.4, 0.5) is 0 Å². The Balaban J connectivity index is 2.36. The lowest BCUT2D eigenvalue weighted by molar-refractivity contribution is 0.500. The number of amidine groups is 1. The highest BCUT2D eigenvalue weighted by Crippen LogP contribution is 2.27. The van der Waals surface area contributed by atoms with E-state index in [0.29, 0.717) is 0 Å². The first-order valence-corrected chi connectivity index (χ1v) is 6.45. The van der Waals surface area contributed by atoms with Gasteiger partial charge in [0.1, 0.15) is 5.82 Å². The van der Waals surface area contributed by atoms with Crippen molar-refractivity contribution in [1.82, 2.24) is 9.36 Å². The van der Waals surface area contributed by atoms with Gasteiger partial charge in [0.2, 0.25) is 0 Å². The van der Waals surface area contributed by atoms with Gasteiger partial charge in [0.25, 0.3) is 0 Å². The van der Waals surface area contributed by atoms with Crippen molar-refractivity contribution in [1.29, 1.82) is 5.41 Å². The minimum absolute atomic E-state index is 0.216. The van der Waals surface area contributed by atoms with Crippen LogP contribution in [0.25, 0.3) is 0 Å². The minimum atomic E-state index is -0.216. The number of nitrogens with two attached hydrogens (primary N) is 1. The molecule has 0 saturated heterocycles. The van der Waals surface area contributed by atoms with Gasteiger partial charge in [0, 0.05) is 11.2 Å². The van der Waals surface area contributed by atoms with Crippen LogP contribution >= 0.6 is 23.3 Å². The molecule has 0 fully saturated rings. The highest BCUT2D eigenvalue weighted by Gasteiger charge is 2.21. The van der Waals surface area contributed by atoms with Crippen molar-refractivity contribution in [3.63, 3.8) is 0 Å². The lowest BCUT2D eigenvalue weighted by Crippen LogP contribution is -2.31. The predicted molar refractivity (Wildman–Crippen MR) is 65.7 cm³/mol. The second-order valence-corrected chi connectivity index (χ2v) is 6.10. The van der Waals surface area contributed by atoms with Crippen molar-refractivity contribution in [3.05, 3.63) is 5.82 Å². The summed E-state index contributed by atoms with van der Waals surface area (Å²) < 4.78 is 5.10. The van der Waals surface area contributed by atoms with Gasteiger partial charge in [-0.25, -0.2) is 4.98 Å². The lowest BCUT2D eigenvalue weighted by Gasteiger charge is -2.21. The van der Waals surface area contributed by atoms with Crippen LogP contribution in [0.5, 0.6) is 0 Å². The van der Waals surface area contributed by atoms with Crippen LogP contribution in [0.15, 0.2) is 4.34 Å². The number of nitrogens with zero attached hydrogens (tertiary/aromatic N) is 2. The normalized spacial score (nSPS) is 11.7. The number of thioether (sulfide) groups is 1. The van der Waals surface area contributed by atoms with Crippen molar-refractivity contribution in [2.75, 3.05) is 5.75 Å². The Kier molecular flexibility index (Phi) is 4.10. The first-order valence-electron chi connectivity index (χ1n) is 4.69. The molecule has 0 radical (unpaired) electrons. The third-order valence-corrected chi connectivity index (χ3v) is 4.12. The molecule has 1 aromatic heterocycles. The molecule has 15 heavy (non-hydrogen) atoms. The zero-order chi connectivity index (χ0) is 11.5. The molecule has 1 heterocycles. The Hall–Kier alpha value is -0.620. The van der Waals surface area contributed by atoms with Gasteiger partial charge in [0.15, 0.2) is 4.34 Å². The predicted octanol–water partition coefficient (Wildman–Crippen LogP) is 2.29. The summed E-state index contributed by atoms with van der Waals surface area (Å²) in [5.41, 5.74) is 5.29. The van der Waals surface area contributed by atoms with Gasteiger partial charge in [-0.05, 0) is 24.9 Å². The third kappa shape index (κ3) is 3.79. The molecule has 0 aliphatic heterocycles. The first kappa shape index (κ1) is 12.4. The molecule has 0 unspecified atom stereocenters. The fourth-order valence-corrected chi connectivity index (χ4v) is 2.85. The summed E-state index contributed by atoms with van der Waals surface area (Å²) in [6.45, 7) is 5.86. The van der Waals surface area contributed by atoms with Crippen molar-refractivity contribution < 1.29 is 0 Å². The summed E-state index contributed by atoms with van der Waals surface area (Å²) >= 11 is 3.10. The molecule has 3 N–H and O–H groups in total. The molecule has 0 aliphatic rings. The topological polar surface area (TPSA) is 75.7 Å². The summed E-state index contributed by atoms with van der Waals surface area (Å²) in [6.07, 6.45) is 0.881. The molecule has 0 spiro atoms. The van der Waals surface area contributed by atoms with Gasteiger partial charge in [0.05, 0.1) is 5.84 Å². The zero-order valence-electron chi connectivity index (χ0n) is 9.20. The Labute approximate surface area is 98.4 Å². The average Bonchev–Trinajstić information content (AvgIpc) is 2.51. The first-order chi connectivity index (χ1) is 6.92.